The molecule has 66 valence electrons. The number of unbranched alkanes of at least 4 members (excludes halogenated alkanes) is 1. The van der Waals surface area contributed by atoms with Crippen molar-refractivity contribution < 1.29 is 9.53 Å². The Morgan fingerprint density at radius 2 is 2.08 bits per heavy atom. The summed E-state index contributed by atoms with van der Waals surface area (Å²) < 4.78 is 5.02. The molecule has 2 heteroatoms. The number of hydrogen-bond donors (Lipinski definition) is 0. The molecule has 1 aliphatic rings. The standard InChI is InChI=1S/C10H14O2/c1-2-3-8-12-10(11)9-6-4-5-7-9/h4-7,9H,2-3,8H2,1H3. The van der Waals surface area contributed by atoms with Crippen LogP contribution in [0.3, 0.4) is 0 Å². The fraction of sp³-hybridized carbons (Fsp3) is 0.500. The van der Waals surface area contributed by atoms with E-state index in [0.717, 1.165) is 12.8 Å². The summed E-state index contributed by atoms with van der Waals surface area (Å²) in [6.45, 7) is 2.62. The van der Waals surface area contributed by atoms with Gasteiger partial charge in [-0.2, -0.15) is 0 Å². The van der Waals surface area contributed by atoms with Crippen LogP contribution in [-0.2, 0) is 9.53 Å². The van der Waals surface area contributed by atoms with Gasteiger partial charge in [0.1, 0.15) is 0 Å². The zero-order chi connectivity index (χ0) is 8.81. The highest BCUT2D eigenvalue weighted by molar-refractivity contribution is 5.77. The number of hydrogen-bond acceptors (Lipinski definition) is 2. The van der Waals surface area contributed by atoms with Crippen LogP contribution in [0, 0.1) is 5.92 Å². The van der Waals surface area contributed by atoms with Crippen molar-refractivity contribution in [1.82, 2.24) is 0 Å². The van der Waals surface area contributed by atoms with Crippen LogP contribution >= 0.6 is 0 Å². The smallest absolute Gasteiger partial charge is 0.316 e. The summed E-state index contributed by atoms with van der Waals surface area (Å²) in [5, 5.41) is 0. The van der Waals surface area contributed by atoms with Gasteiger partial charge in [-0.15, -0.1) is 0 Å². The molecule has 0 saturated carbocycles. The van der Waals surface area contributed by atoms with Crippen molar-refractivity contribution in [3.63, 3.8) is 0 Å². The lowest BCUT2D eigenvalue weighted by atomic mass is 10.2. The summed E-state index contributed by atoms with van der Waals surface area (Å²) in [5.41, 5.74) is 0. The largest absolute Gasteiger partial charge is 0.465 e. The van der Waals surface area contributed by atoms with Gasteiger partial charge >= 0.3 is 5.97 Å². The van der Waals surface area contributed by atoms with Crippen LogP contribution in [0.5, 0.6) is 0 Å². The SMILES string of the molecule is CCCCOC(=O)C1C=CC=C1. The minimum Gasteiger partial charge on any atom is -0.465 e. The first-order valence-electron chi connectivity index (χ1n) is 4.36. The van der Waals surface area contributed by atoms with Crippen LogP contribution < -0.4 is 0 Å². The molecule has 1 aliphatic carbocycles. The predicted molar refractivity (Wildman–Crippen MR) is 47.6 cm³/mol. The third-order valence-corrected chi connectivity index (χ3v) is 1.76. The van der Waals surface area contributed by atoms with Gasteiger partial charge in [0.15, 0.2) is 0 Å². The van der Waals surface area contributed by atoms with Crippen LogP contribution in [0.4, 0.5) is 0 Å². The Balaban J connectivity index is 2.19. The summed E-state index contributed by atoms with van der Waals surface area (Å²) in [6.07, 6.45) is 9.43. The normalized spacial score (nSPS) is 15.4. The quantitative estimate of drug-likeness (QED) is 0.472. The van der Waals surface area contributed by atoms with E-state index in [1.54, 1.807) is 0 Å². The summed E-state index contributed by atoms with van der Waals surface area (Å²) in [6, 6.07) is 0. The van der Waals surface area contributed by atoms with Crippen LogP contribution in [0.2, 0.25) is 0 Å². The van der Waals surface area contributed by atoms with Crippen LogP contribution in [0.15, 0.2) is 24.3 Å². The molecule has 0 heterocycles. The molecule has 0 aliphatic heterocycles. The van der Waals surface area contributed by atoms with E-state index in [9.17, 15) is 4.79 Å². The maximum absolute atomic E-state index is 11.2. The number of allylic oxidation sites excluding steroid dienone is 2. The van der Waals surface area contributed by atoms with Crippen molar-refractivity contribution in [2.75, 3.05) is 6.61 Å². The highest BCUT2D eigenvalue weighted by Gasteiger charge is 2.14. The lowest BCUT2D eigenvalue weighted by molar-refractivity contribution is -0.145. The number of rotatable bonds is 4. The van der Waals surface area contributed by atoms with Gasteiger partial charge in [0.2, 0.25) is 0 Å². The minimum atomic E-state index is -0.137. The van der Waals surface area contributed by atoms with Crippen molar-refractivity contribution in [1.29, 1.82) is 0 Å². The molecule has 0 fully saturated rings. The first-order chi connectivity index (χ1) is 5.84. The van der Waals surface area contributed by atoms with E-state index >= 15 is 0 Å². The van der Waals surface area contributed by atoms with Gasteiger partial charge < -0.3 is 4.74 Å². The van der Waals surface area contributed by atoms with E-state index in [4.69, 9.17) is 4.74 Å². The average molecular weight is 166 g/mol. The molecule has 0 radical (unpaired) electrons. The van der Waals surface area contributed by atoms with Crippen molar-refractivity contribution >= 4 is 5.97 Å². The fourth-order valence-electron chi connectivity index (χ4n) is 1.00. The van der Waals surface area contributed by atoms with Crippen molar-refractivity contribution in [2.24, 2.45) is 5.92 Å². The van der Waals surface area contributed by atoms with Gasteiger partial charge in [-0.05, 0) is 6.42 Å². The van der Waals surface area contributed by atoms with E-state index in [0.29, 0.717) is 6.61 Å². The second-order valence-electron chi connectivity index (χ2n) is 2.82. The third kappa shape index (κ3) is 2.53. The Labute approximate surface area is 72.9 Å². The summed E-state index contributed by atoms with van der Waals surface area (Å²) >= 11 is 0. The van der Waals surface area contributed by atoms with Gasteiger partial charge in [-0.25, -0.2) is 0 Å². The number of ether oxygens (including phenoxy) is 1. The van der Waals surface area contributed by atoms with E-state index in [1.807, 2.05) is 24.3 Å². The first kappa shape index (κ1) is 9.04. The highest BCUT2D eigenvalue weighted by Crippen LogP contribution is 2.10. The van der Waals surface area contributed by atoms with Gasteiger partial charge in [0, 0.05) is 0 Å². The summed E-state index contributed by atoms with van der Waals surface area (Å²) in [7, 11) is 0. The molecule has 12 heavy (non-hydrogen) atoms. The zero-order valence-electron chi connectivity index (χ0n) is 7.32. The Morgan fingerprint density at radius 1 is 1.42 bits per heavy atom. The summed E-state index contributed by atoms with van der Waals surface area (Å²) in [4.78, 5) is 11.2. The molecule has 0 saturated heterocycles. The van der Waals surface area contributed by atoms with Gasteiger partial charge in [0.05, 0.1) is 12.5 Å². The minimum absolute atomic E-state index is 0.131. The Kier molecular flexibility index (Phi) is 3.58. The predicted octanol–water partition coefficient (Wildman–Crippen LogP) is 2.07. The zero-order valence-corrected chi connectivity index (χ0v) is 7.32. The molecule has 0 spiro atoms. The van der Waals surface area contributed by atoms with E-state index in [1.165, 1.54) is 0 Å². The lowest BCUT2D eigenvalue weighted by Gasteiger charge is -2.05. The molecule has 2 nitrogen and oxygen atoms in total. The second kappa shape index (κ2) is 4.75. The van der Waals surface area contributed by atoms with Crippen molar-refractivity contribution in [3.8, 4) is 0 Å². The molecule has 0 aromatic heterocycles. The van der Waals surface area contributed by atoms with E-state index < -0.39 is 0 Å². The number of esters is 1. The molecule has 0 N–H and O–H groups in total. The molecule has 0 aromatic rings. The molecule has 0 bridgehead atoms. The fourth-order valence-corrected chi connectivity index (χ4v) is 1.00. The first-order valence-corrected chi connectivity index (χ1v) is 4.36. The van der Waals surface area contributed by atoms with Gasteiger partial charge in [-0.1, -0.05) is 37.6 Å². The number of carbonyl (C=O) groups is 1. The molecule has 0 unspecified atom stereocenters. The van der Waals surface area contributed by atoms with Crippen LogP contribution in [0.25, 0.3) is 0 Å². The molecular formula is C10H14O2. The Bertz CT molecular complexity index is 192. The Morgan fingerprint density at radius 3 is 2.67 bits per heavy atom. The molecule has 1 rings (SSSR count). The van der Waals surface area contributed by atoms with Crippen molar-refractivity contribution in [3.05, 3.63) is 24.3 Å². The average Bonchev–Trinajstić information content (AvgIpc) is 2.56. The van der Waals surface area contributed by atoms with Gasteiger partial charge in [0.25, 0.3) is 0 Å². The third-order valence-electron chi connectivity index (χ3n) is 1.76. The lowest BCUT2D eigenvalue weighted by Crippen LogP contribution is -2.13. The maximum atomic E-state index is 11.2. The molecule has 0 atom stereocenters. The second-order valence-corrected chi connectivity index (χ2v) is 2.82. The summed E-state index contributed by atoms with van der Waals surface area (Å²) in [5.74, 6) is -0.268. The van der Waals surface area contributed by atoms with E-state index in [-0.39, 0.29) is 11.9 Å². The maximum Gasteiger partial charge on any atom is 0.316 e. The monoisotopic (exact) mass is 166 g/mol. The molecule has 0 aromatic carbocycles. The number of carbonyl (C=O) groups excluding carboxylic acids is 1. The van der Waals surface area contributed by atoms with Crippen LogP contribution in [-0.4, -0.2) is 12.6 Å². The highest BCUT2D eigenvalue weighted by atomic mass is 16.5. The molecule has 0 amide bonds. The van der Waals surface area contributed by atoms with Gasteiger partial charge in [-0.3, -0.25) is 4.79 Å². The Hall–Kier alpha value is -1.05. The topological polar surface area (TPSA) is 26.3 Å². The molecular weight excluding hydrogens is 152 g/mol. The van der Waals surface area contributed by atoms with Crippen molar-refractivity contribution in [2.45, 2.75) is 19.8 Å². The van der Waals surface area contributed by atoms with E-state index in [2.05, 4.69) is 6.92 Å². The van der Waals surface area contributed by atoms with Crippen LogP contribution in [0.1, 0.15) is 19.8 Å².